The van der Waals surface area contributed by atoms with Crippen molar-refractivity contribution in [3.8, 4) is 0 Å². The van der Waals surface area contributed by atoms with Gasteiger partial charge in [0.15, 0.2) is 0 Å². The first-order valence-electron chi connectivity index (χ1n) is 8.91. The molecular weight excluding hydrogens is 399 g/mol. The first-order chi connectivity index (χ1) is 13.8. The van der Waals surface area contributed by atoms with Gasteiger partial charge in [0.05, 0.1) is 23.8 Å². The number of carbonyl (C=O) groups excluding carboxylic acids is 3. The van der Waals surface area contributed by atoms with Crippen LogP contribution in [0.2, 0.25) is 5.02 Å². The van der Waals surface area contributed by atoms with Crippen molar-refractivity contribution >= 4 is 46.4 Å². The molecule has 0 unspecified atom stereocenters. The highest BCUT2D eigenvalue weighted by Gasteiger charge is 2.14. The Hall–Kier alpha value is -2.97. The average Bonchev–Trinajstić information content (AvgIpc) is 2.64. The van der Waals surface area contributed by atoms with E-state index in [2.05, 4.69) is 16.0 Å². The van der Waals surface area contributed by atoms with E-state index in [1.54, 1.807) is 29.2 Å². The zero-order valence-corrected chi connectivity index (χ0v) is 16.8. The third-order valence-electron chi connectivity index (χ3n) is 3.88. The van der Waals surface area contributed by atoms with Crippen molar-refractivity contribution in [2.24, 2.45) is 0 Å². The molecule has 154 valence electrons. The number of hydrogen-bond donors (Lipinski definition) is 3. The molecule has 2 aromatic rings. The summed E-state index contributed by atoms with van der Waals surface area (Å²) >= 11 is 5.90. The summed E-state index contributed by atoms with van der Waals surface area (Å²) in [6.07, 6.45) is 0. The molecule has 0 atom stereocenters. The summed E-state index contributed by atoms with van der Waals surface area (Å²) in [6, 6.07) is 10.4. The molecule has 29 heavy (non-hydrogen) atoms. The zero-order chi connectivity index (χ0) is 21.4. The van der Waals surface area contributed by atoms with E-state index < -0.39 is 5.82 Å². The molecule has 0 aliphatic heterocycles. The van der Waals surface area contributed by atoms with Gasteiger partial charge in [-0.3, -0.25) is 19.3 Å². The van der Waals surface area contributed by atoms with Gasteiger partial charge in [-0.1, -0.05) is 18.5 Å². The minimum atomic E-state index is -0.495. The lowest BCUT2D eigenvalue weighted by atomic mass is 10.2. The second-order valence-electron chi connectivity index (χ2n) is 6.28. The zero-order valence-electron chi connectivity index (χ0n) is 16.1. The Bertz CT molecular complexity index is 890. The topological polar surface area (TPSA) is 90.5 Å². The van der Waals surface area contributed by atoms with Gasteiger partial charge in [0.2, 0.25) is 17.7 Å². The molecular formula is C20H22ClFN4O3. The van der Waals surface area contributed by atoms with Gasteiger partial charge in [0.25, 0.3) is 0 Å². The third kappa shape index (κ3) is 7.52. The van der Waals surface area contributed by atoms with Crippen LogP contribution < -0.4 is 16.0 Å². The Labute approximate surface area is 173 Å². The molecule has 0 aromatic heterocycles. The monoisotopic (exact) mass is 420 g/mol. The smallest absolute Gasteiger partial charge is 0.238 e. The highest BCUT2D eigenvalue weighted by Crippen LogP contribution is 2.22. The molecule has 7 nitrogen and oxygen atoms in total. The van der Waals surface area contributed by atoms with E-state index in [0.717, 1.165) is 6.07 Å². The van der Waals surface area contributed by atoms with Gasteiger partial charge >= 0.3 is 0 Å². The van der Waals surface area contributed by atoms with Gasteiger partial charge in [-0.2, -0.15) is 0 Å². The summed E-state index contributed by atoms with van der Waals surface area (Å²) in [5.74, 6) is -1.33. The maximum Gasteiger partial charge on any atom is 0.238 e. The molecule has 0 radical (unpaired) electrons. The van der Waals surface area contributed by atoms with E-state index in [-0.39, 0.29) is 35.8 Å². The predicted molar refractivity (Wildman–Crippen MR) is 112 cm³/mol. The van der Waals surface area contributed by atoms with Crippen LogP contribution in [-0.4, -0.2) is 42.3 Å². The van der Waals surface area contributed by atoms with Crippen molar-refractivity contribution < 1.29 is 18.8 Å². The van der Waals surface area contributed by atoms with Crippen molar-refractivity contribution in [2.75, 3.05) is 35.6 Å². The fourth-order valence-electron chi connectivity index (χ4n) is 2.51. The fourth-order valence-corrected chi connectivity index (χ4v) is 2.72. The molecule has 0 aliphatic rings. The Kier molecular flexibility index (Phi) is 8.11. The lowest BCUT2D eigenvalue weighted by Crippen LogP contribution is -2.38. The van der Waals surface area contributed by atoms with Crippen LogP contribution in [0.5, 0.6) is 0 Å². The van der Waals surface area contributed by atoms with Crippen LogP contribution in [0, 0.1) is 5.82 Å². The van der Waals surface area contributed by atoms with E-state index in [1.165, 1.54) is 19.1 Å². The van der Waals surface area contributed by atoms with E-state index in [9.17, 15) is 18.8 Å². The van der Waals surface area contributed by atoms with Gasteiger partial charge in [-0.05, 0) is 49.0 Å². The molecule has 0 fully saturated rings. The summed E-state index contributed by atoms with van der Waals surface area (Å²) < 4.78 is 13.1. The largest absolute Gasteiger partial charge is 0.326 e. The first-order valence-corrected chi connectivity index (χ1v) is 9.29. The van der Waals surface area contributed by atoms with E-state index in [0.29, 0.717) is 23.6 Å². The molecule has 3 N–H and O–H groups in total. The molecule has 2 rings (SSSR count). The Balaban J connectivity index is 1.87. The van der Waals surface area contributed by atoms with Crippen LogP contribution in [0.3, 0.4) is 0 Å². The highest BCUT2D eigenvalue weighted by atomic mass is 35.5. The second-order valence-corrected chi connectivity index (χ2v) is 6.69. The molecule has 3 amide bonds. The van der Waals surface area contributed by atoms with Gasteiger partial charge in [-0.25, -0.2) is 4.39 Å². The van der Waals surface area contributed by atoms with Gasteiger partial charge in [0, 0.05) is 18.3 Å². The summed E-state index contributed by atoms with van der Waals surface area (Å²) in [5.41, 5.74) is 1.50. The van der Waals surface area contributed by atoms with E-state index >= 15 is 0 Å². The van der Waals surface area contributed by atoms with Gasteiger partial charge < -0.3 is 16.0 Å². The lowest BCUT2D eigenvalue weighted by Gasteiger charge is -2.19. The SMILES string of the molecule is CCN(CC(=O)Nc1ccc(NC(C)=O)cc1)CC(=O)Nc1ccc(F)cc1Cl. The van der Waals surface area contributed by atoms with Crippen LogP contribution >= 0.6 is 11.6 Å². The molecule has 0 heterocycles. The molecule has 0 saturated carbocycles. The van der Waals surface area contributed by atoms with Crippen LogP contribution in [0.25, 0.3) is 0 Å². The number of hydrogen-bond acceptors (Lipinski definition) is 4. The third-order valence-corrected chi connectivity index (χ3v) is 4.19. The average molecular weight is 421 g/mol. The highest BCUT2D eigenvalue weighted by molar-refractivity contribution is 6.33. The van der Waals surface area contributed by atoms with Gasteiger partial charge in [0.1, 0.15) is 5.82 Å². The van der Waals surface area contributed by atoms with Crippen molar-refractivity contribution in [1.29, 1.82) is 0 Å². The lowest BCUT2D eigenvalue weighted by molar-refractivity contribution is -0.120. The number of nitrogens with one attached hydrogen (secondary N) is 3. The van der Waals surface area contributed by atoms with E-state index in [1.807, 2.05) is 6.92 Å². The second kappa shape index (κ2) is 10.5. The van der Waals surface area contributed by atoms with Crippen molar-refractivity contribution in [3.05, 3.63) is 53.3 Å². The summed E-state index contributed by atoms with van der Waals surface area (Å²) in [5, 5.41) is 8.08. The Morgan fingerprint density at radius 1 is 0.931 bits per heavy atom. The molecule has 0 aliphatic carbocycles. The minimum Gasteiger partial charge on any atom is -0.326 e. The molecule has 0 spiro atoms. The number of anilines is 3. The Morgan fingerprint density at radius 3 is 2.00 bits per heavy atom. The number of rotatable bonds is 8. The van der Waals surface area contributed by atoms with Crippen LogP contribution in [0.15, 0.2) is 42.5 Å². The predicted octanol–water partition coefficient (Wildman–Crippen LogP) is 3.34. The number of amides is 3. The van der Waals surface area contributed by atoms with Crippen molar-refractivity contribution in [3.63, 3.8) is 0 Å². The summed E-state index contributed by atoms with van der Waals surface area (Å²) in [4.78, 5) is 37.1. The van der Waals surface area contributed by atoms with Crippen LogP contribution in [0.1, 0.15) is 13.8 Å². The Morgan fingerprint density at radius 2 is 1.48 bits per heavy atom. The minimum absolute atomic E-state index is 0.00845. The van der Waals surface area contributed by atoms with Crippen molar-refractivity contribution in [1.82, 2.24) is 4.90 Å². The van der Waals surface area contributed by atoms with Gasteiger partial charge in [-0.15, -0.1) is 0 Å². The normalized spacial score (nSPS) is 10.5. The number of benzene rings is 2. The molecule has 0 saturated heterocycles. The standard InChI is InChI=1S/C20H22ClFN4O3/c1-3-26(12-20(29)25-18-9-4-14(22)10-17(18)21)11-19(28)24-16-7-5-15(6-8-16)23-13(2)27/h4-10H,3,11-12H2,1-2H3,(H,23,27)(H,24,28)(H,25,29). The summed E-state index contributed by atoms with van der Waals surface area (Å²) in [7, 11) is 0. The molecule has 2 aromatic carbocycles. The van der Waals surface area contributed by atoms with E-state index in [4.69, 9.17) is 11.6 Å². The maximum absolute atomic E-state index is 13.1. The van der Waals surface area contributed by atoms with Crippen molar-refractivity contribution in [2.45, 2.75) is 13.8 Å². The fraction of sp³-hybridized carbons (Fsp3) is 0.250. The van der Waals surface area contributed by atoms with Crippen LogP contribution in [0.4, 0.5) is 21.5 Å². The number of halogens is 2. The number of likely N-dealkylation sites (N-methyl/N-ethyl adjacent to an activating group) is 1. The maximum atomic E-state index is 13.1. The number of carbonyl (C=O) groups is 3. The first kappa shape index (κ1) is 22.3. The summed E-state index contributed by atoms with van der Waals surface area (Å²) in [6.45, 7) is 3.69. The van der Waals surface area contributed by atoms with Crippen LogP contribution in [-0.2, 0) is 14.4 Å². The quantitative estimate of drug-likeness (QED) is 0.611. The molecule has 0 bridgehead atoms. The molecule has 9 heteroatoms. The number of nitrogens with zero attached hydrogens (tertiary/aromatic N) is 1.